The van der Waals surface area contributed by atoms with Gasteiger partial charge in [0, 0.05) is 18.2 Å². The first kappa shape index (κ1) is 31.4. The molecule has 0 bridgehead atoms. The summed E-state index contributed by atoms with van der Waals surface area (Å²) in [6.45, 7) is 0. The zero-order chi connectivity index (χ0) is 31.4. The van der Waals surface area contributed by atoms with Gasteiger partial charge in [0.15, 0.2) is 0 Å². The van der Waals surface area contributed by atoms with Crippen molar-refractivity contribution in [2.45, 2.75) is 0 Å². The molecule has 1 heterocycles. The Bertz CT molecular complexity index is 1380. The number of nitrogens with zero attached hydrogens (tertiary/aromatic N) is 1. The summed E-state index contributed by atoms with van der Waals surface area (Å²) in [6.07, 6.45) is -9.75. The lowest BCUT2D eigenvalue weighted by Gasteiger charge is -2.09. The second-order valence-electron chi connectivity index (χ2n) is 6.90. The Morgan fingerprint density at radius 1 is 0.405 bits per heavy atom. The minimum absolute atomic E-state index is 0.0891. The molecule has 3 aromatic rings. The van der Waals surface area contributed by atoms with E-state index >= 15 is 0 Å². The fourth-order valence-electron chi connectivity index (χ4n) is 2.78. The highest BCUT2D eigenvalue weighted by molar-refractivity contribution is 5.72. The van der Waals surface area contributed by atoms with Gasteiger partial charge < -0.3 is 59.1 Å². The Kier molecular flexibility index (Phi) is 10.8. The molecule has 0 saturated carbocycles. The molecule has 19 nitrogen and oxygen atoms in total. The van der Waals surface area contributed by atoms with Crippen LogP contribution in [0.25, 0.3) is 11.1 Å². The molecule has 0 amide bonds. The molecular weight excluding hydrogens is 578 g/mol. The van der Waals surface area contributed by atoms with Gasteiger partial charge in [-0.15, -0.1) is 0 Å². The third-order valence-corrected chi connectivity index (χ3v) is 4.02. The van der Waals surface area contributed by atoms with E-state index in [-0.39, 0.29) is 17.2 Å². The van der Waals surface area contributed by atoms with Crippen molar-refractivity contribution in [1.29, 1.82) is 0 Å². The van der Waals surface area contributed by atoms with Crippen LogP contribution in [0.1, 0.15) is 0 Å². The summed E-state index contributed by atoms with van der Waals surface area (Å²) >= 11 is 0. The molecule has 6 N–H and O–H groups in total. The second-order valence-corrected chi connectivity index (χ2v) is 6.90. The zero-order valence-corrected chi connectivity index (χ0v) is 20.2. The van der Waals surface area contributed by atoms with Crippen LogP contribution < -0.4 is 28.4 Å². The lowest BCUT2D eigenvalue weighted by molar-refractivity contribution is 0.136. The summed E-state index contributed by atoms with van der Waals surface area (Å²) in [7, 11) is 0. The van der Waals surface area contributed by atoms with E-state index in [9.17, 15) is 28.8 Å². The van der Waals surface area contributed by atoms with Gasteiger partial charge in [-0.05, 0) is 35.4 Å². The minimum Gasteiger partial charge on any atom is -0.449 e. The Labute approximate surface area is 230 Å². The first-order chi connectivity index (χ1) is 19.7. The number of carbonyl (C=O) groups is 6. The van der Waals surface area contributed by atoms with Crippen molar-refractivity contribution in [2.75, 3.05) is 0 Å². The predicted octanol–water partition coefficient (Wildman–Crippen LogP) is 4.78. The summed E-state index contributed by atoms with van der Waals surface area (Å²) < 4.78 is 25.9. The lowest BCUT2D eigenvalue weighted by Crippen LogP contribution is -2.10. The molecule has 2 aromatic carbocycles. The van der Waals surface area contributed by atoms with Crippen molar-refractivity contribution in [3.8, 4) is 45.9 Å². The highest BCUT2D eigenvalue weighted by atomic mass is 16.7. The molecule has 0 spiro atoms. The zero-order valence-electron chi connectivity index (χ0n) is 20.2. The van der Waals surface area contributed by atoms with Crippen LogP contribution in [-0.2, 0) is 0 Å². The lowest BCUT2D eigenvalue weighted by atomic mass is 10.0. The molecule has 3 rings (SSSR count). The third-order valence-electron chi connectivity index (χ3n) is 4.02. The second kappa shape index (κ2) is 14.4. The van der Waals surface area contributed by atoms with Gasteiger partial charge in [-0.25, -0.2) is 28.8 Å². The first-order valence-corrected chi connectivity index (χ1v) is 10.4. The maximum absolute atomic E-state index is 10.6. The van der Waals surface area contributed by atoms with Crippen LogP contribution in [0.3, 0.4) is 0 Å². The molecule has 19 heteroatoms. The largest absolute Gasteiger partial charge is 0.512 e. The van der Waals surface area contributed by atoms with Crippen LogP contribution in [0.15, 0.2) is 54.6 Å². The van der Waals surface area contributed by atoms with Gasteiger partial charge in [0.2, 0.25) is 11.8 Å². The van der Waals surface area contributed by atoms with E-state index < -0.39 is 54.4 Å². The molecule has 0 aliphatic heterocycles. The van der Waals surface area contributed by atoms with Crippen molar-refractivity contribution in [3.05, 3.63) is 54.6 Å². The molecular formula is C23H15NO18. The molecule has 1 aromatic heterocycles. The van der Waals surface area contributed by atoms with Crippen molar-refractivity contribution in [3.63, 3.8) is 0 Å². The smallest absolute Gasteiger partial charge is 0.449 e. The number of carboxylic acid groups (broad SMARTS) is 6. The Morgan fingerprint density at radius 2 is 0.738 bits per heavy atom. The predicted molar refractivity (Wildman–Crippen MR) is 128 cm³/mol. The van der Waals surface area contributed by atoms with E-state index in [1.165, 1.54) is 36.4 Å². The number of ether oxygens (including phenoxy) is 6. The standard InChI is InChI=1S/C15H10O9.C8H5NO9/c16-13(17)22-10-3-1-8(2-4-10)9-5-11(23-14(18)19)7-12(6-9)24-15(20)21;10-6(11)16-3-1-4(17-7(12)13)9-5(2-3)18-8(14)15/h1-7H,(H,16,17)(H,18,19)(H,20,21);1-2H,(H,10,11)(H,12,13)(H,14,15). The van der Waals surface area contributed by atoms with Crippen LogP contribution in [0.4, 0.5) is 28.8 Å². The molecule has 220 valence electrons. The first-order valence-electron chi connectivity index (χ1n) is 10.4. The van der Waals surface area contributed by atoms with Crippen LogP contribution in [-0.4, -0.2) is 72.6 Å². The Morgan fingerprint density at radius 3 is 1.10 bits per heavy atom. The van der Waals surface area contributed by atoms with E-state index in [0.29, 0.717) is 11.1 Å². The average Bonchev–Trinajstić information content (AvgIpc) is 2.82. The van der Waals surface area contributed by atoms with Crippen LogP contribution in [0.2, 0.25) is 0 Å². The van der Waals surface area contributed by atoms with Gasteiger partial charge in [-0.1, -0.05) is 12.1 Å². The van der Waals surface area contributed by atoms with E-state index in [4.69, 9.17) is 30.6 Å². The molecule has 0 radical (unpaired) electrons. The van der Waals surface area contributed by atoms with Crippen LogP contribution >= 0.6 is 0 Å². The quantitative estimate of drug-likeness (QED) is 0.159. The van der Waals surface area contributed by atoms with E-state index in [1.807, 2.05) is 0 Å². The van der Waals surface area contributed by atoms with Crippen molar-refractivity contribution in [2.24, 2.45) is 0 Å². The van der Waals surface area contributed by atoms with Crippen LogP contribution in [0, 0.1) is 0 Å². The summed E-state index contributed by atoms with van der Waals surface area (Å²) in [6, 6.07) is 11.2. The number of hydrogen-bond acceptors (Lipinski definition) is 13. The number of hydrogen-bond donors (Lipinski definition) is 6. The van der Waals surface area contributed by atoms with Gasteiger partial charge in [-0.2, -0.15) is 4.98 Å². The summed E-state index contributed by atoms with van der Waals surface area (Å²) in [5.74, 6) is -1.80. The van der Waals surface area contributed by atoms with Gasteiger partial charge in [0.25, 0.3) is 0 Å². The fourth-order valence-corrected chi connectivity index (χ4v) is 2.78. The average molecular weight is 593 g/mol. The third kappa shape index (κ3) is 11.3. The summed E-state index contributed by atoms with van der Waals surface area (Å²) in [5, 5.41) is 50.9. The highest BCUT2D eigenvalue weighted by Crippen LogP contribution is 2.31. The Balaban J connectivity index is 0.000000307. The topological polar surface area (TPSA) is 292 Å². The summed E-state index contributed by atoms with van der Waals surface area (Å²) in [4.78, 5) is 65.9. The number of rotatable bonds is 7. The molecule has 0 atom stereocenters. The van der Waals surface area contributed by atoms with Crippen molar-refractivity contribution < 1.29 is 87.8 Å². The molecule has 0 saturated heterocycles. The molecule has 0 aliphatic carbocycles. The molecule has 0 aliphatic rings. The minimum atomic E-state index is -1.73. The van der Waals surface area contributed by atoms with Gasteiger partial charge >= 0.3 is 36.9 Å². The maximum Gasteiger partial charge on any atom is 0.512 e. The molecule has 42 heavy (non-hydrogen) atoms. The van der Waals surface area contributed by atoms with Crippen molar-refractivity contribution >= 4 is 36.9 Å². The Hall–Kier alpha value is -6.79. The SMILES string of the molecule is O=C(O)Oc1cc(OC(=O)O)nc(OC(=O)O)c1.O=C(O)Oc1ccc(-c2cc(OC(=O)O)cc(OC(=O)O)c2)cc1. The van der Waals surface area contributed by atoms with Gasteiger partial charge in [0.1, 0.15) is 23.0 Å². The number of benzene rings is 2. The molecule has 0 fully saturated rings. The number of pyridine rings is 1. The summed E-state index contributed by atoms with van der Waals surface area (Å²) in [5.41, 5.74) is 0.922. The van der Waals surface area contributed by atoms with Crippen molar-refractivity contribution in [1.82, 2.24) is 4.98 Å². The highest BCUT2D eigenvalue weighted by Gasteiger charge is 2.14. The van der Waals surface area contributed by atoms with Gasteiger partial charge in [0.05, 0.1) is 0 Å². The van der Waals surface area contributed by atoms with E-state index in [1.54, 1.807) is 0 Å². The number of aromatic nitrogens is 1. The van der Waals surface area contributed by atoms with Gasteiger partial charge in [-0.3, -0.25) is 0 Å². The monoisotopic (exact) mass is 593 g/mol. The van der Waals surface area contributed by atoms with E-state index in [0.717, 1.165) is 18.2 Å². The maximum atomic E-state index is 10.6. The van der Waals surface area contributed by atoms with Crippen LogP contribution in [0.5, 0.6) is 34.8 Å². The fraction of sp³-hybridized carbons (Fsp3) is 0. The van der Waals surface area contributed by atoms with E-state index in [2.05, 4.69) is 33.4 Å². The molecule has 0 unspecified atom stereocenters. The normalized spacial score (nSPS) is 9.62.